The van der Waals surface area contributed by atoms with Crippen LogP contribution in [0.5, 0.6) is 5.75 Å². The van der Waals surface area contributed by atoms with Gasteiger partial charge in [-0.05, 0) is 23.8 Å². The van der Waals surface area contributed by atoms with Crippen LogP contribution >= 0.6 is 0 Å². The van der Waals surface area contributed by atoms with Crippen molar-refractivity contribution >= 4 is 22.1 Å². The second kappa shape index (κ2) is 10.6. The summed E-state index contributed by atoms with van der Waals surface area (Å²) in [6.45, 7) is 1.08. The van der Waals surface area contributed by atoms with E-state index in [1.165, 1.54) is 29.6 Å². The second-order valence-electron chi connectivity index (χ2n) is 7.35. The highest BCUT2D eigenvalue weighted by molar-refractivity contribution is 7.89. The molecule has 0 atom stereocenters. The molecule has 0 unspecified atom stereocenters. The molecule has 0 amide bonds. The zero-order valence-corrected chi connectivity index (χ0v) is 19.4. The Bertz CT molecular complexity index is 1260. The Morgan fingerprint density at radius 3 is 2.65 bits per heavy atom. The largest absolute Gasteiger partial charge is 0.495 e. The van der Waals surface area contributed by atoms with E-state index in [1.54, 1.807) is 18.3 Å². The van der Waals surface area contributed by atoms with Gasteiger partial charge in [0.05, 0.1) is 26.5 Å². The maximum atomic E-state index is 13.1. The number of hydrogen-bond acceptors (Lipinski definition) is 8. The summed E-state index contributed by atoms with van der Waals surface area (Å²) in [6.07, 6.45) is 4.27. The number of carbonyl (C=O) groups is 1. The summed E-state index contributed by atoms with van der Waals surface area (Å²) >= 11 is 0. The van der Waals surface area contributed by atoms with Crippen molar-refractivity contribution in [3.05, 3.63) is 72.3 Å². The molecule has 0 saturated carbocycles. The SMILES string of the molecule is COc1ccc(/C=C/C(=O)OCc2ncc(-c3ccccc3)o2)cc1S(=O)(=O)N1CCOCC1. The monoisotopic (exact) mass is 484 g/mol. The van der Waals surface area contributed by atoms with Gasteiger partial charge in [0.1, 0.15) is 10.6 Å². The van der Waals surface area contributed by atoms with E-state index in [-0.39, 0.29) is 36.2 Å². The maximum Gasteiger partial charge on any atom is 0.331 e. The molecule has 9 nitrogen and oxygen atoms in total. The van der Waals surface area contributed by atoms with Gasteiger partial charge in [0.2, 0.25) is 15.9 Å². The minimum Gasteiger partial charge on any atom is -0.495 e. The average Bonchev–Trinajstić information content (AvgIpc) is 3.36. The number of carbonyl (C=O) groups excluding carboxylic acids is 1. The van der Waals surface area contributed by atoms with Crippen molar-refractivity contribution in [3.63, 3.8) is 0 Å². The normalized spacial score (nSPS) is 14.9. The highest BCUT2D eigenvalue weighted by atomic mass is 32.2. The van der Waals surface area contributed by atoms with Gasteiger partial charge < -0.3 is 18.6 Å². The van der Waals surface area contributed by atoms with Crippen LogP contribution in [0.2, 0.25) is 0 Å². The molecule has 0 bridgehead atoms. The van der Waals surface area contributed by atoms with E-state index in [2.05, 4.69) is 4.98 Å². The van der Waals surface area contributed by atoms with E-state index in [0.29, 0.717) is 24.5 Å². The Kier molecular flexibility index (Phi) is 7.41. The van der Waals surface area contributed by atoms with E-state index in [4.69, 9.17) is 18.6 Å². The van der Waals surface area contributed by atoms with Crippen molar-refractivity contribution < 1.29 is 31.8 Å². The molecule has 0 spiro atoms. The van der Waals surface area contributed by atoms with Crippen LogP contribution < -0.4 is 4.74 Å². The summed E-state index contributed by atoms with van der Waals surface area (Å²) in [4.78, 5) is 16.3. The number of aromatic nitrogens is 1. The van der Waals surface area contributed by atoms with Gasteiger partial charge in [-0.15, -0.1) is 0 Å². The van der Waals surface area contributed by atoms with Gasteiger partial charge in [-0.25, -0.2) is 18.2 Å². The van der Waals surface area contributed by atoms with Gasteiger partial charge in [-0.2, -0.15) is 4.31 Å². The molecule has 4 rings (SSSR count). The first kappa shape index (κ1) is 23.7. The number of oxazole rings is 1. The number of ether oxygens (including phenoxy) is 3. The van der Waals surface area contributed by atoms with Gasteiger partial charge in [0.15, 0.2) is 12.4 Å². The molecule has 1 aliphatic rings. The summed E-state index contributed by atoms with van der Waals surface area (Å²) in [5.74, 6) is 0.454. The third kappa shape index (κ3) is 5.53. The van der Waals surface area contributed by atoms with E-state index >= 15 is 0 Å². The third-order valence-corrected chi connectivity index (χ3v) is 7.06. The van der Waals surface area contributed by atoms with Crippen molar-refractivity contribution in [2.75, 3.05) is 33.4 Å². The van der Waals surface area contributed by atoms with E-state index in [9.17, 15) is 13.2 Å². The molecule has 0 aliphatic carbocycles. The minimum absolute atomic E-state index is 0.0284. The first-order chi connectivity index (χ1) is 16.5. The number of sulfonamides is 1. The fourth-order valence-electron chi connectivity index (χ4n) is 3.38. The quantitative estimate of drug-likeness (QED) is 0.355. The first-order valence-corrected chi connectivity index (χ1v) is 12.0. The molecule has 178 valence electrons. The first-order valence-electron chi connectivity index (χ1n) is 10.6. The van der Waals surface area contributed by atoms with Gasteiger partial charge in [-0.1, -0.05) is 36.4 Å². The molecule has 34 heavy (non-hydrogen) atoms. The number of nitrogens with zero attached hydrogens (tertiary/aromatic N) is 2. The van der Waals surface area contributed by atoms with Crippen LogP contribution in [0.1, 0.15) is 11.5 Å². The standard InChI is InChI=1S/C24H24N2O7S/c1-30-20-9-7-18(15-22(20)34(28,29)26-11-13-31-14-12-26)8-10-24(27)32-17-23-25-16-21(33-23)19-5-3-2-4-6-19/h2-10,15-16H,11-14,17H2,1H3/b10-8+. The molecule has 1 aromatic heterocycles. The van der Waals surface area contributed by atoms with E-state index in [0.717, 1.165) is 5.56 Å². The van der Waals surface area contributed by atoms with Gasteiger partial charge in [-0.3, -0.25) is 0 Å². The number of rotatable bonds is 8. The van der Waals surface area contributed by atoms with Crippen LogP contribution in [0.4, 0.5) is 0 Å². The van der Waals surface area contributed by atoms with Crippen molar-refractivity contribution in [1.29, 1.82) is 0 Å². The van der Waals surface area contributed by atoms with Crippen LogP contribution in [0.15, 0.2) is 70.1 Å². The topological polar surface area (TPSA) is 108 Å². The number of methoxy groups -OCH3 is 1. The van der Waals surface area contributed by atoms with Crippen molar-refractivity contribution in [3.8, 4) is 17.1 Å². The lowest BCUT2D eigenvalue weighted by Crippen LogP contribution is -2.40. The van der Waals surface area contributed by atoms with Crippen molar-refractivity contribution in [1.82, 2.24) is 9.29 Å². The van der Waals surface area contributed by atoms with Crippen LogP contribution in [-0.4, -0.2) is 57.1 Å². The summed E-state index contributed by atoms with van der Waals surface area (Å²) < 4.78 is 48.8. The zero-order valence-electron chi connectivity index (χ0n) is 18.5. The molecule has 1 aliphatic heterocycles. The number of benzene rings is 2. The van der Waals surface area contributed by atoms with Gasteiger partial charge in [0.25, 0.3) is 0 Å². The Morgan fingerprint density at radius 1 is 1.15 bits per heavy atom. The summed E-state index contributed by atoms with van der Waals surface area (Å²) in [5, 5.41) is 0. The fraction of sp³-hybridized carbons (Fsp3) is 0.250. The Balaban J connectivity index is 1.42. The summed E-state index contributed by atoms with van der Waals surface area (Å²) in [5.41, 5.74) is 1.38. The molecule has 0 N–H and O–H groups in total. The Labute approximate surface area is 197 Å². The Hall–Kier alpha value is -3.47. The van der Waals surface area contributed by atoms with E-state index < -0.39 is 16.0 Å². The van der Waals surface area contributed by atoms with Gasteiger partial charge >= 0.3 is 5.97 Å². The summed E-state index contributed by atoms with van der Waals surface area (Å²) in [6, 6.07) is 14.1. The van der Waals surface area contributed by atoms with Crippen molar-refractivity contribution in [2.24, 2.45) is 0 Å². The molecule has 10 heteroatoms. The summed E-state index contributed by atoms with van der Waals surface area (Å²) in [7, 11) is -2.37. The van der Waals surface area contributed by atoms with E-state index in [1.807, 2.05) is 30.3 Å². The smallest absolute Gasteiger partial charge is 0.331 e. The molecule has 2 aromatic carbocycles. The zero-order chi connectivity index (χ0) is 24.0. The highest BCUT2D eigenvalue weighted by Gasteiger charge is 2.29. The molecule has 1 saturated heterocycles. The van der Waals surface area contributed by atoms with Crippen LogP contribution in [0.25, 0.3) is 17.4 Å². The molecular weight excluding hydrogens is 460 g/mol. The fourth-order valence-corrected chi connectivity index (χ4v) is 4.98. The highest BCUT2D eigenvalue weighted by Crippen LogP contribution is 2.29. The molecule has 2 heterocycles. The average molecular weight is 485 g/mol. The number of morpholine rings is 1. The number of esters is 1. The molecule has 1 fully saturated rings. The predicted octanol–water partition coefficient (Wildman–Crippen LogP) is 3.13. The predicted molar refractivity (Wildman–Crippen MR) is 123 cm³/mol. The number of hydrogen-bond donors (Lipinski definition) is 0. The second-order valence-corrected chi connectivity index (χ2v) is 9.26. The van der Waals surface area contributed by atoms with Crippen LogP contribution in [-0.2, 0) is 30.9 Å². The van der Waals surface area contributed by atoms with Crippen molar-refractivity contribution in [2.45, 2.75) is 11.5 Å². The lowest BCUT2D eigenvalue weighted by molar-refractivity contribution is -0.139. The van der Waals surface area contributed by atoms with Crippen LogP contribution in [0, 0.1) is 0 Å². The lowest BCUT2D eigenvalue weighted by atomic mass is 10.2. The van der Waals surface area contributed by atoms with Crippen LogP contribution in [0.3, 0.4) is 0 Å². The minimum atomic E-state index is -3.78. The lowest BCUT2D eigenvalue weighted by Gasteiger charge is -2.26. The maximum absolute atomic E-state index is 13.1. The Morgan fingerprint density at radius 2 is 1.91 bits per heavy atom. The third-order valence-electron chi connectivity index (χ3n) is 5.14. The molecule has 0 radical (unpaired) electrons. The molecule has 3 aromatic rings. The van der Waals surface area contributed by atoms with Gasteiger partial charge in [0, 0.05) is 24.7 Å². The molecular formula is C24H24N2O7S.